The molecule has 0 unspecified atom stereocenters. The Labute approximate surface area is 107 Å². The molecule has 0 saturated heterocycles. The van der Waals surface area contributed by atoms with Crippen molar-refractivity contribution < 1.29 is 4.79 Å². The highest BCUT2D eigenvalue weighted by molar-refractivity contribution is 5.84. The molecule has 0 spiro atoms. The zero-order valence-corrected chi connectivity index (χ0v) is 11.3. The van der Waals surface area contributed by atoms with Gasteiger partial charge in [0.05, 0.1) is 5.69 Å². The number of benzene rings is 1. The molecule has 0 radical (unpaired) electrons. The monoisotopic (exact) mass is 242 g/mol. The summed E-state index contributed by atoms with van der Waals surface area (Å²) < 4.78 is 1.95. The maximum atomic E-state index is 11.1. The predicted molar refractivity (Wildman–Crippen MR) is 72.9 cm³/mol. The molecule has 3 heteroatoms. The Morgan fingerprint density at radius 3 is 2.33 bits per heavy atom. The van der Waals surface area contributed by atoms with Gasteiger partial charge in [-0.2, -0.15) is 0 Å². The van der Waals surface area contributed by atoms with Gasteiger partial charge in [-0.05, 0) is 18.4 Å². The largest absolute Gasteiger partial charge is 0.331 e. The molecular weight excluding hydrogens is 224 g/mol. The number of carbonyl (C=O) groups is 1. The minimum Gasteiger partial charge on any atom is -0.331 e. The van der Waals surface area contributed by atoms with Crippen LogP contribution in [0.4, 0.5) is 0 Å². The van der Waals surface area contributed by atoms with Crippen LogP contribution in [0.25, 0.3) is 11.3 Å². The van der Waals surface area contributed by atoms with Crippen LogP contribution in [0.1, 0.15) is 41.6 Å². The van der Waals surface area contributed by atoms with Gasteiger partial charge in [-0.15, -0.1) is 0 Å². The number of carbonyl (C=O) groups excluding carboxylic acids is 1. The average molecular weight is 242 g/mol. The molecule has 2 rings (SSSR count). The Bertz CT molecular complexity index is 565. The number of imidazole rings is 1. The van der Waals surface area contributed by atoms with Crippen LogP contribution in [0.5, 0.6) is 0 Å². The van der Waals surface area contributed by atoms with Crippen molar-refractivity contribution >= 4 is 6.29 Å². The third-order valence-corrected chi connectivity index (χ3v) is 3.31. The van der Waals surface area contributed by atoms with Crippen molar-refractivity contribution in [2.24, 2.45) is 7.05 Å². The smallest absolute Gasteiger partial charge is 0.170 e. The van der Waals surface area contributed by atoms with E-state index in [-0.39, 0.29) is 0 Å². The molecular formula is C15H18N2O. The van der Waals surface area contributed by atoms with Gasteiger partial charge in [0.2, 0.25) is 0 Å². The van der Waals surface area contributed by atoms with Crippen LogP contribution >= 0.6 is 0 Å². The first-order valence-corrected chi connectivity index (χ1v) is 6.13. The van der Waals surface area contributed by atoms with E-state index < -0.39 is 0 Å². The zero-order valence-electron chi connectivity index (χ0n) is 11.3. The highest BCUT2D eigenvalue weighted by atomic mass is 16.1. The van der Waals surface area contributed by atoms with Gasteiger partial charge in [0.1, 0.15) is 11.5 Å². The summed E-state index contributed by atoms with van der Waals surface area (Å²) in [5.41, 5.74) is 3.72. The van der Waals surface area contributed by atoms with E-state index in [0.29, 0.717) is 11.6 Å². The van der Waals surface area contributed by atoms with E-state index in [1.807, 2.05) is 18.5 Å². The van der Waals surface area contributed by atoms with Gasteiger partial charge in [0.25, 0.3) is 0 Å². The maximum Gasteiger partial charge on any atom is 0.170 e. The van der Waals surface area contributed by atoms with Crippen LogP contribution in [0, 0.1) is 6.92 Å². The molecule has 0 saturated carbocycles. The van der Waals surface area contributed by atoms with E-state index in [9.17, 15) is 4.79 Å². The lowest BCUT2D eigenvalue weighted by molar-refractivity contribution is 0.112. The summed E-state index contributed by atoms with van der Waals surface area (Å²) in [6.07, 6.45) is 0.818. The molecule has 0 atom stereocenters. The molecule has 94 valence electrons. The molecule has 1 heterocycles. The third-order valence-electron chi connectivity index (χ3n) is 3.31. The van der Waals surface area contributed by atoms with Crippen molar-refractivity contribution in [1.82, 2.24) is 9.55 Å². The van der Waals surface area contributed by atoms with Crippen molar-refractivity contribution in [2.75, 3.05) is 0 Å². The van der Waals surface area contributed by atoms with Crippen molar-refractivity contribution in [2.45, 2.75) is 26.7 Å². The molecule has 0 N–H and O–H groups in total. The number of nitrogens with zero attached hydrogens (tertiary/aromatic N) is 2. The summed E-state index contributed by atoms with van der Waals surface area (Å²) in [7, 11) is 1.93. The normalized spacial score (nSPS) is 10.9. The fraction of sp³-hybridized carbons (Fsp3) is 0.333. The number of hydrogen-bond donors (Lipinski definition) is 0. The van der Waals surface area contributed by atoms with Gasteiger partial charge in [0, 0.05) is 12.6 Å². The minimum absolute atomic E-state index is 0.507. The first-order valence-electron chi connectivity index (χ1n) is 6.13. The first kappa shape index (κ1) is 12.6. The highest BCUT2D eigenvalue weighted by Gasteiger charge is 2.13. The van der Waals surface area contributed by atoms with Gasteiger partial charge in [-0.3, -0.25) is 4.79 Å². The van der Waals surface area contributed by atoms with Crippen molar-refractivity contribution in [1.29, 1.82) is 0 Å². The predicted octanol–water partition coefficient (Wildman–Crippen LogP) is 3.33. The van der Waals surface area contributed by atoms with Gasteiger partial charge in [-0.1, -0.05) is 38.1 Å². The number of aldehydes is 1. The highest BCUT2D eigenvalue weighted by Crippen LogP contribution is 2.25. The maximum absolute atomic E-state index is 11.1. The zero-order chi connectivity index (χ0) is 13.3. The standard InChI is InChI=1S/C15H18N2O/c1-10(2)12-5-7-13(8-6-12)15-14(9-18)16-11(3)17(15)4/h5-10H,1-4H3. The van der Waals surface area contributed by atoms with Crippen molar-refractivity contribution in [3.63, 3.8) is 0 Å². The Kier molecular flexibility index (Phi) is 3.32. The number of hydrogen-bond acceptors (Lipinski definition) is 2. The SMILES string of the molecule is Cc1nc(C=O)c(-c2ccc(C(C)C)cc2)n1C. The summed E-state index contributed by atoms with van der Waals surface area (Å²) in [5, 5.41) is 0. The second-order valence-electron chi connectivity index (χ2n) is 4.85. The molecule has 0 aliphatic rings. The van der Waals surface area contributed by atoms with Gasteiger partial charge < -0.3 is 4.57 Å². The summed E-state index contributed by atoms with van der Waals surface area (Å²) in [6.45, 7) is 6.24. The Hall–Kier alpha value is -1.90. The lowest BCUT2D eigenvalue weighted by Gasteiger charge is -2.08. The first-order chi connectivity index (χ1) is 8.54. The van der Waals surface area contributed by atoms with E-state index in [1.165, 1.54) is 5.56 Å². The fourth-order valence-corrected chi connectivity index (χ4v) is 2.09. The molecule has 0 aliphatic carbocycles. The molecule has 2 aromatic rings. The van der Waals surface area contributed by atoms with Crippen LogP contribution < -0.4 is 0 Å². The van der Waals surface area contributed by atoms with Gasteiger partial charge in [-0.25, -0.2) is 4.98 Å². The lowest BCUT2D eigenvalue weighted by Crippen LogP contribution is -1.96. The average Bonchev–Trinajstić information content (AvgIpc) is 2.65. The van der Waals surface area contributed by atoms with Crippen LogP contribution in [-0.2, 0) is 7.05 Å². The number of aromatic nitrogens is 2. The van der Waals surface area contributed by atoms with E-state index in [4.69, 9.17) is 0 Å². The van der Waals surface area contributed by atoms with Crippen molar-refractivity contribution in [3.05, 3.63) is 41.3 Å². The van der Waals surface area contributed by atoms with Crippen LogP contribution in [0.3, 0.4) is 0 Å². The molecule has 0 amide bonds. The van der Waals surface area contributed by atoms with Crippen LogP contribution in [-0.4, -0.2) is 15.8 Å². The summed E-state index contributed by atoms with van der Waals surface area (Å²) in [6, 6.07) is 8.32. The number of aryl methyl sites for hydroxylation is 1. The van der Waals surface area contributed by atoms with Crippen molar-refractivity contribution in [3.8, 4) is 11.3 Å². The Morgan fingerprint density at radius 2 is 1.83 bits per heavy atom. The quantitative estimate of drug-likeness (QED) is 0.774. The second kappa shape index (κ2) is 4.77. The molecule has 0 aliphatic heterocycles. The van der Waals surface area contributed by atoms with E-state index >= 15 is 0 Å². The van der Waals surface area contributed by atoms with E-state index in [1.54, 1.807) is 0 Å². The molecule has 3 nitrogen and oxygen atoms in total. The van der Waals surface area contributed by atoms with E-state index in [0.717, 1.165) is 23.4 Å². The summed E-state index contributed by atoms with van der Waals surface area (Å²) in [5.74, 6) is 1.36. The van der Waals surface area contributed by atoms with Crippen LogP contribution in [0.15, 0.2) is 24.3 Å². The lowest BCUT2D eigenvalue weighted by atomic mass is 10.0. The molecule has 0 fully saturated rings. The fourth-order valence-electron chi connectivity index (χ4n) is 2.09. The number of rotatable bonds is 3. The summed E-state index contributed by atoms with van der Waals surface area (Å²) >= 11 is 0. The van der Waals surface area contributed by atoms with E-state index in [2.05, 4.69) is 43.1 Å². The molecule has 18 heavy (non-hydrogen) atoms. The molecule has 1 aromatic heterocycles. The van der Waals surface area contributed by atoms with Gasteiger partial charge >= 0.3 is 0 Å². The third kappa shape index (κ3) is 2.08. The molecule has 0 bridgehead atoms. The second-order valence-corrected chi connectivity index (χ2v) is 4.85. The van der Waals surface area contributed by atoms with Crippen LogP contribution in [0.2, 0.25) is 0 Å². The topological polar surface area (TPSA) is 34.9 Å². The molecule has 1 aromatic carbocycles. The minimum atomic E-state index is 0.507. The Morgan fingerprint density at radius 1 is 1.22 bits per heavy atom. The Balaban J connectivity index is 2.51. The van der Waals surface area contributed by atoms with Gasteiger partial charge in [0.15, 0.2) is 6.29 Å². The summed E-state index contributed by atoms with van der Waals surface area (Å²) in [4.78, 5) is 15.3.